The van der Waals surface area contributed by atoms with E-state index in [0.717, 1.165) is 5.56 Å². The van der Waals surface area contributed by atoms with Gasteiger partial charge in [-0.3, -0.25) is 4.79 Å². The fourth-order valence-electron chi connectivity index (χ4n) is 1.09. The standard InChI is InChI=1S/C12H14O3/c1-10(13)15-12-7-5-11(6-8-12)4-3-9-14-2/h3-8H,9H2,1-2H3/b4-3+. The second kappa shape index (κ2) is 5.98. The van der Waals surface area contributed by atoms with Crippen LogP contribution in [-0.4, -0.2) is 19.7 Å². The predicted octanol–water partition coefficient (Wildman–Crippen LogP) is 2.27. The van der Waals surface area contributed by atoms with Crippen molar-refractivity contribution in [1.29, 1.82) is 0 Å². The third kappa shape index (κ3) is 4.42. The van der Waals surface area contributed by atoms with Crippen molar-refractivity contribution in [3.05, 3.63) is 35.9 Å². The van der Waals surface area contributed by atoms with Crippen molar-refractivity contribution in [3.8, 4) is 5.75 Å². The molecule has 3 heteroatoms. The average molecular weight is 206 g/mol. The van der Waals surface area contributed by atoms with Gasteiger partial charge in [-0.2, -0.15) is 0 Å². The molecule has 0 saturated carbocycles. The summed E-state index contributed by atoms with van der Waals surface area (Å²) in [5.41, 5.74) is 1.04. The van der Waals surface area contributed by atoms with Crippen LogP contribution in [-0.2, 0) is 9.53 Å². The Kier molecular flexibility index (Phi) is 4.57. The van der Waals surface area contributed by atoms with Crippen LogP contribution in [0.3, 0.4) is 0 Å². The molecule has 1 aromatic carbocycles. The molecular weight excluding hydrogens is 192 g/mol. The lowest BCUT2D eigenvalue weighted by Gasteiger charge is -2.00. The molecule has 0 aliphatic carbocycles. The number of benzene rings is 1. The first-order valence-corrected chi connectivity index (χ1v) is 4.66. The fraction of sp³-hybridized carbons (Fsp3) is 0.250. The highest BCUT2D eigenvalue weighted by Gasteiger charge is 1.96. The van der Waals surface area contributed by atoms with Gasteiger partial charge in [-0.15, -0.1) is 0 Å². The normalized spacial score (nSPS) is 10.5. The van der Waals surface area contributed by atoms with Gasteiger partial charge in [0.1, 0.15) is 5.75 Å². The van der Waals surface area contributed by atoms with E-state index in [0.29, 0.717) is 12.4 Å². The minimum absolute atomic E-state index is 0.308. The molecule has 80 valence electrons. The number of carbonyl (C=O) groups is 1. The lowest BCUT2D eigenvalue weighted by molar-refractivity contribution is -0.131. The predicted molar refractivity (Wildman–Crippen MR) is 58.7 cm³/mol. The van der Waals surface area contributed by atoms with Crippen molar-refractivity contribution in [2.75, 3.05) is 13.7 Å². The molecule has 0 N–H and O–H groups in total. The van der Waals surface area contributed by atoms with Gasteiger partial charge in [0.25, 0.3) is 0 Å². The molecule has 0 unspecified atom stereocenters. The molecule has 0 heterocycles. The topological polar surface area (TPSA) is 35.5 Å². The quantitative estimate of drug-likeness (QED) is 0.560. The molecule has 0 bridgehead atoms. The first-order chi connectivity index (χ1) is 7.22. The van der Waals surface area contributed by atoms with Crippen LogP contribution in [0.1, 0.15) is 12.5 Å². The second-order valence-electron chi connectivity index (χ2n) is 3.02. The zero-order valence-corrected chi connectivity index (χ0v) is 8.90. The van der Waals surface area contributed by atoms with Gasteiger partial charge in [-0.05, 0) is 17.7 Å². The monoisotopic (exact) mass is 206 g/mol. The molecule has 3 nitrogen and oxygen atoms in total. The second-order valence-corrected chi connectivity index (χ2v) is 3.02. The van der Waals surface area contributed by atoms with Gasteiger partial charge >= 0.3 is 5.97 Å². The molecule has 0 aliphatic rings. The number of ether oxygens (including phenoxy) is 2. The summed E-state index contributed by atoms with van der Waals surface area (Å²) in [6, 6.07) is 7.27. The van der Waals surface area contributed by atoms with Crippen molar-refractivity contribution >= 4 is 12.0 Å². The largest absolute Gasteiger partial charge is 0.427 e. The van der Waals surface area contributed by atoms with Crippen LogP contribution < -0.4 is 4.74 Å². The molecular formula is C12H14O3. The number of hydrogen-bond donors (Lipinski definition) is 0. The maximum atomic E-state index is 10.7. The minimum atomic E-state index is -0.308. The zero-order chi connectivity index (χ0) is 11.1. The average Bonchev–Trinajstić information content (AvgIpc) is 2.20. The maximum Gasteiger partial charge on any atom is 0.308 e. The summed E-state index contributed by atoms with van der Waals surface area (Å²) >= 11 is 0. The van der Waals surface area contributed by atoms with E-state index in [4.69, 9.17) is 9.47 Å². The lowest BCUT2D eigenvalue weighted by atomic mass is 10.2. The zero-order valence-electron chi connectivity index (χ0n) is 8.90. The van der Waals surface area contributed by atoms with Crippen molar-refractivity contribution in [2.24, 2.45) is 0 Å². The van der Waals surface area contributed by atoms with Gasteiger partial charge in [-0.25, -0.2) is 0 Å². The Morgan fingerprint density at radius 1 is 1.33 bits per heavy atom. The summed E-state index contributed by atoms with van der Waals surface area (Å²) in [6.07, 6.45) is 3.86. The highest BCUT2D eigenvalue weighted by molar-refractivity contribution is 5.69. The first kappa shape index (κ1) is 11.5. The van der Waals surface area contributed by atoms with Gasteiger partial charge in [0.2, 0.25) is 0 Å². The summed E-state index contributed by atoms with van der Waals surface area (Å²) in [7, 11) is 1.65. The summed E-state index contributed by atoms with van der Waals surface area (Å²) in [5, 5.41) is 0. The number of methoxy groups -OCH3 is 1. The molecule has 0 saturated heterocycles. The van der Waals surface area contributed by atoms with Gasteiger partial charge in [-0.1, -0.05) is 24.3 Å². The van der Waals surface area contributed by atoms with Crippen LogP contribution in [0.4, 0.5) is 0 Å². The Bertz CT molecular complexity index is 338. The molecule has 0 spiro atoms. The first-order valence-electron chi connectivity index (χ1n) is 4.66. The SMILES string of the molecule is COC/C=C/c1ccc(OC(C)=O)cc1. The van der Waals surface area contributed by atoms with E-state index in [-0.39, 0.29) is 5.97 Å². The van der Waals surface area contributed by atoms with E-state index in [1.54, 1.807) is 19.2 Å². The number of rotatable bonds is 4. The summed E-state index contributed by atoms with van der Waals surface area (Å²) in [5.74, 6) is 0.254. The Labute approximate surface area is 89.3 Å². The van der Waals surface area contributed by atoms with Crippen LogP contribution in [0.5, 0.6) is 5.75 Å². The minimum Gasteiger partial charge on any atom is -0.427 e. The van der Waals surface area contributed by atoms with E-state index in [2.05, 4.69) is 0 Å². The van der Waals surface area contributed by atoms with E-state index < -0.39 is 0 Å². The molecule has 0 radical (unpaired) electrons. The van der Waals surface area contributed by atoms with Gasteiger partial charge in [0.15, 0.2) is 0 Å². The van der Waals surface area contributed by atoms with Gasteiger partial charge in [0, 0.05) is 14.0 Å². The van der Waals surface area contributed by atoms with E-state index in [1.807, 2.05) is 24.3 Å². The van der Waals surface area contributed by atoms with E-state index in [1.165, 1.54) is 6.92 Å². The molecule has 0 atom stereocenters. The highest BCUT2D eigenvalue weighted by atomic mass is 16.5. The van der Waals surface area contributed by atoms with Crippen LogP contribution in [0.15, 0.2) is 30.3 Å². The lowest BCUT2D eigenvalue weighted by Crippen LogP contribution is -2.00. The van der Waals surface area contributed by atoms with Crippen molar-refractivity contribution in [3.63, 3.8) is 0 Å². The number of esters is 1. The van der Waals surface area contributed by atoms with Crippen molar-refractivity contribution < 1.29 is 14.3 Å². The Balaban J connectivity index is 2.60. The Hall–Kier alpha value is -1.61. The van der Waals surface area contributed by atoms with Crippen molar-refractivity contribution in [1.82, 2.24) is 0 Å². The third-order valence-electron chi connectivity index (χ3n) is 1.71. The van der Waals surface area contributed by atoms with E-state index in [9.17, 15) is 4.79 Å². The molecule has 1 aromatic rings. The molecule has 0 aliphatic heterocycles. The van der Waals surface area contributed by atoms with Gasteiger partial charge in [0.05, 0.1) is 6.61 Å². The van der Waals surface area contributed by atoms with E-state index >= 15 is 0 Å². The highest BCUT2D eigenvalue weighted by Crippen LogP contribution is 2.13. The third-order valence-corrected chi connectivity index (χ3v) is 1.71. The molecule has 0 fully saturated rings. The summed E-state index contributed by atoms with van der Waals surface area (Å²) in [6.45, 7) is 1.97. The van der Waals surface area contributed by atoms with Crippen LogP contribution >= 0.6 is 0 Å². The number of carbonyl (C=O) groups excluding carboxylic acids is 1. The smallest absolute Gasteiger partial charge is 0.308 e. The Morgan fingerprint density at radius 2 is 2.00 bits per heavy atom. The summed E-state index contributed by atoms with van der Waals surface area (Å²) < 4.78 is 9.79. The molecule has 15 heavy (non-hydrogen) atoms. The maximum absolute atomic E-state index is 10.7. The summed E-state index contributed by atoms with van der Waals surface area (Å²) in [4.78, 5) is 10.7. The van der Waals surface area contributed by atoms with Crippen LogP contribution in [0, 0.1) is 0 Å². The van der Waals surface area contributed by atoms with Crippen LogP contribution in [0.25, 0.3) is 6.08 Å². The fourth-order valence-corrected chi connectivity index (χ4v) is 1.09. The molecule has 0 amide bonds. The van der Waals surface area contributed by atoms with Gasteiger partial charge < -0.3 is 9.47 Å². The molecule has 1 rings (SSSR count). The number of hydrogen-bond acceptors (Lipinski definition) is 3. The Morgan fingerprint density at radius 3 is 2.53 bits per heavy atom. The van der Waals surface area contributed by atoms with Crippen LogP contribution in [0.2, 0.25) is 0 Å². The molecule has 0 aromatic heterocycles. The van der Waals surface area contributed by atoms with Crippen molar-refractivity contribution in [2.45, 2.75) is 6.92 Å².